The third-order valence-corrected chi connectivity index (χ3v) is 4.38. The van der Waals surface area contributed by atoms with Crippen molar-refractivity contribution in [1.29, 1.82) is 0 Å². The van der Waals surface area contributed by atoms with Gasteiger partial charge in [0, 0.05) is 31.1 Å². The second-order valence-electron chi connectivity index (χ2n) is 6.65. The van der Waals surface area contributed by atoms with Gasteiger partial charge in [-0.15, -0.1) is 0 Å². The number of carbonyl (C=O) groups is 2. The first-order chi connectivity index (χ1) is 11.2. The Labute approximate surface area is 142 Å². The fraction of sp³-hybridized carbons (Fsp3) is 0.368. The minimum absolute atomic E-state index is 0.0578. The monoisotopic (exact) mass is 328 g/mol. The van der Waals surface area contributed by atoms with Gasteiger partial charge in [-0.2, -0.15) is 0 Å². The van der Waals surface area contributed by atoms with Gasteiger partial charge in [0.15, 0.2) is 0 Å². The quantitative estimate of drug-likeness (QED) is 0.800. The summed E-state index contributed by atoms with van der Waals surface area (Å²) in [5.41, 5.74) is 1.17. The molecule has 0 fully saturated rings. The Balaban J connectivity index is 2.32. The lowest BCUT2D eigenvalue weighted by Gasteiger charge is -2.26. The van der Waals surface area contributed by atoms with E-state index in [-0.39, 0.29) is 11.9 Å². The Morgan fingerprint density at radius 1 is 1.33 bits per heavy atom. The zero-order chi connectivity index (χ0) is 17.9. The van der Waals surface area contributed by atoms with Crippen LogP contribution >= 0.6 is 0 Å². The number of likely N-dealkylation sites (N-methyl/N-ethyl adjacent to an activating group) is 1. The van der Waals surface area contributed by atoms with Gasteiger partial charge in [-0.1, -0.05) is 30.4 Å². The predicted octanol–water partition coefficient (Wildman–Crippen LogP) is 3.22. The molecule has 5 heteroatoms. The van der Waals surface area contributed by atoms with Crippen LogP contribution in [0.3, 0.4) is 0 Å². The van der Waals surface area contributed by atoms with Gasteiger partial charge < -0.3 is 15.0 Å². The van der Waals surface area contributed by atoms with Gasteiger partial charge >= 0.3 is 5.97 Å². The molecule has 0 aliphatic heterocycles. The van der Waals surface area contributed by atoms with E-state index in [2.05, 4.69) is 4.98 Å². The van der Waals surface area contributed by atoms with E-state index in [1.54, 1.807) is 31.9 Å². The summed E-state index contributed by atoms with van der Waals surface area (Å²) in [5.74, 6) is -0.951. The molecule has 0 saturated heterocycles. The highest BCUT2D eigenvalue weighted by molar-refractivity contribution is 5.83. The van der Waals surface area contributed by atoms with Crippen molar-refractivity contribution < 1.29 is 14.7 Å². The normalized spacial score (nSPS) is 13.3. The molecule has 1 aromatic heterocycles. The number of hydrogen-bond donors (Lipinski definition) is 2. The molecule has 0 aliphatic carbocycles. The van der Waals surface area contributed by atoms with Gasteiger partial charge in [-0.3, -0.25) is 9.59 Å². The van der Waals surface area contributed by atoms with Crippen LogP contribution in [0.2, 0.25) is 0 Å². The van der Waals surface area contributed by atoms with Crippen LogP contribution in [0.15, 0.2) is 42.6 Å². The van der Waals surface area contributed by atoms with Crippen LogP contribution in [-0.4, -0.2) is 40.0 Å². The zero-order valence-corrected chi connectivity index (χ0v) is 14.5. The Bertz CT molecular complexity index is 774. The first kappa shape index (κ1) is 17.8. The zero-order valence-electron chi connectivity index (χ0n) is 14.5. The largest absolute Gasteiger partial charge is 0.481 e. The summed E-state index contributed by atoms with van der Waals surface area (Å²) in [6.07, 6.45) is 6.04. The number of nitrogens with zero attached hydrogens (tertiary/aromatic N) is 1. The van der Waals surface area contributed by atoms with E-state index >= 15 is 0 Å². The van der Waals surface area contributed by atoms with Crippen molar-refractivity contribution in [2.75, 3.05) is 7.05 Å². The summed E-state index contributed by atoms with van der Waals surface area (Å²) in [6, 6.07) is 7.78. The van der Waals surface area contributed by atoms with Crippen molar-refractivity contribution in [1.82, 2.24) is 9.88 Å². The molecule has 1 aromatic carbocycles. The average Bonchev–Trinajstić information content (AvgIpc) is 2.93. The number of hydrogen-bond acceptors (Lipinski definition) is 2. The molecule has 5 nitrogen and oxygen atoms in total. The maximum absolute atomic E-state index is 11.8. The number of carbonyl (C=O) groups excluding carboxylic acids is 1. The molecule has 0 radical (unpaired) electrons. The number of aliphatic carboxylic acids is 1. The lowest BCUT2D eigenvalue weighted by Crippen LogP contribution is -2.36. The molecule has 0 bridgehead atoms. The van der Waals surface area contributed by atoms with E-state index in [0.29, 0.717) is 6.42 Å². The number of fused-ring (bicyclic) bond motifs is 1. The molecule has 0 unspecified atom stereocenters. The number of carboxylic acids is 1. The molecule has 128 valence electrons. The average molecular weight is 328 g/mol. The highest BCUT2D eigenvalue weighted by Gasteiger charge is 2.25. The fourth-order valence-corrected chi connectivity index (χ4v) is 2.52. The third kappa shape index (κ3) is 3.85. The van der Waals surface area contributed by atoms with Gasteiger partial charge in [-0.05, 0) is 31.9 Å². The number of para-hydroxylation sites is 1. The summed E-state index contributed by atoms with van der Waals surface area (Å²) in [6.45, 7) is 4.79. The number of amides is 1. The Kier molecular flexibility index (Phi) is 5.12. The maximum Gasteiger partial charge on any atom is 0.312 e. The number of aromatic nitrogens is 1. The number of rotatable bonds is 6. The summed E-state index contributed by atoms with van der Waals surface area (Å²) in [5, 5.41) is 10.4. The van der Waals surface area contributed by atoms with Crippen LogP contribution < -0.4 is 0 Å². The minimum Gasteiger partial charge on any atom is -0.481 e. The van der Waals surface area contributed by atoms with E-state index in [1.165, 1.54) is 6.92 Å². The van der Waals surface area contributed by atoms with Gasteiger partial charge in [-0.25, -0.2) is 0 Å². The molecular weight excluding hydrogens is 304 g/mol. The fourth-order valence-electron chi connectivity index (χ4n) is 2.52. The molecule has 24 heavy (non-hydrogen) atoms. The SMILES string of the molecule is CC(=O)N(C)[C@@H](C=CC(C)(C)C(=O)O)Cc1c[nH]c2ccccc12. The van der Waals surface area contributed by atoms with E-state index in [9.17, 15) is 14.7 Å². The Morgan fingerprint density at radius 3 is 2.62 bits per heavy atom. The Morgan fingerprint density at radius 2 is 2.00 bits per heavy atom. The highest BCUT2D eigenvalue weighted by Crippen LogP contribution is 2.23. The van der Waals surface area contributed by atoms with Gasteiger partial charge in [0.1, 0.15) is 0 Å². The van der Waals surface area contributed by atoms with Crippen LogP contribution in [0.5, 0.6) is 0 Å². The molecule has 2 aromatic rings. The standard InChI is InChI=1S/C19H24N2O3/c1-13(22)21(4)15(9-10-19(2,3)18(23)24)11-14-12-20-17-8-6-5-7-16(14)17/h5-10,12,15,20H,11H2,1-4H3,(H,23,24)/t15-/m0/s1. The topological polar surface area (TPSA) is 73.4 Å². The number of H-pyrrole nitrogens is 1. The van der Waals surface area contributed by atoms with Crippen molar-refractivity contribution >= 4 is 22.8 Å². The van der Waals surface area contributed by atoms with Gasteiger partial charge in [0.2, 0.25) is 5.91 Å². The summed E-state index contributed by atoms with van der Waals surface area (Å²) < 4.78 is 0. The van der Waals surface area contributed by atoms with Crippen molar-refractivity contribution in [3.63, 3.8) is 0 Å². The number of benzene rings is 1. The first-order valence-corrected chi connectivity index (χ1v) is 7.93. The molecular formula is C19H24N2O3. The van der Waals surface area contributed by atoms with Crippen molar-refractivity contribution in [3.8, 4) is 0 Å². The molecule has 0 spiro atoms. The minimum atomic E-state index is -0.976. The predicted molar refractivity (Wildman–Crippen MR) is 94.8 cm³/mol. The van der Waals surface area contributed by atoms with Crippen LogP contribution in [0, 0.1) is 5.41 Å². The van der Waals surface area contributed by atoms with Crippen LogP contribution in [-0.2, 0) is 16.0 Å². The van der Waals surface area contributed by atoms with Crippen molar-refractivity contribution in [2.24, 2.45) is 5.41 Å². The molecule has 2 rings (SSSR count). The molecule has 1 atom stereocenters. The lowest BCUT2D eigenvalue weighted by molar-refractivity contribution is -0.144. The summed E-state index contributed by atoms with van der Waals surface area (Å²) >= 11 is 0. The summed E-state index contributed by atoms with van der Waals surface area (Å²) in [4.78, 5) is 28.0. The van der Waals surface area contributed by atoms with Crippen LogP contribution in [0.25, 0.3) is 10.9 Å². The maximum atomic E-state index is 11.8. The van der Waals surface area contributed by atoms with E-state index in [1.807, 2.05) is 36.5 Å². The second kappa shape index (κ2) is 6.91. The van der Waals surface area contributed by atoms with E-state index in [4.69, 9.17) is 0 Å². The number of carboxylic acid groups (broad SMARTS) is 1. The first-order valence-electron chi connectivity index (χ1n) is 7.93. The summed E-state index contributed by atoms with van der Waals surface area (Å²) in [7, 11) is 1.74. The van der Waals surface area contributed by atoms with Crippen molar-refractivity contribution in [2.45, 2.75) is 33.2 Å². The molecule has 0 aliphatic rings. The molecule has 1 amide bonds. The highest BCUT2D eigenvalue weighted by atomic mass is 16.4. The number of aromatic amines is 1. The third-order valence-electron chi connectivity index (χ3n) is 4.38. The van der Waals surface area contributed by atoms with E-state index < -0.39 is 11.4 Å². The van der Waals surface area contributed by atoms with Crippen molar-refractivity contribution in [3.05, 3.63) is 48.2 Å². The van der Waals surface area contributed by atoms with Gasteiger partial charge in [0.05, 0.1) is 11.5 Å². The van der Waals surface area contributed by atoms with Crippen LogP contribution in [0.4, 0.5) is 0 Å². The van der Waals surface area contributed by atoms with E-state index in [0.717, 1.165) is 16.5 Å². The molecule has 1 heterocycles. The second-order valence-corrected chi connectivity index (χ2v) is 6.65. The molecule has 0 saturated carbocycles. The van der Waals surface area contributed by atoms with Gasteiger partial charge in [0.25, 0.3) is 0 Å². The molecule has 2 N–H and O–H groups in total. The van der Waals surface area contributed by atoms with Crippen LogP contribution in [0.1, 0.15) is 26.3 Å². The lowest BCUT2D eigenvalue weighted by atomic mass is 9.91. The Hall–Kier alpha value is -2.56. The smallest absolute Gasteiger partial charge is 0.312 e. The number of nitrogens with one attached hydrogen (secondary N) is 1.